The summed E-state index contributed by atoms with van der Waals surface area (Å²) >= 11 is 0. The fourth-order valence-electron chi connectivity index (χ4n) is 2.15. The molecule has 0 aliphatic carbocycles. The number of nitrogens with one attached hydrogen (secondary N) is 1. The summed E-state index contributed by atoms with van der Waals surface area (Å²) < 4.78 is 5.12. The highest BCUT2D eigenvalue weighted by molar-refractivity contribution is 4.71. The molecule has 1 heterocycles. The zero-order valence-electron chi connectivity index (χ0n) is 9.01. The standard InChI is InChI=1S/C11H23NO/c1-10(6-9-13-2)11-4-3-7-12-8-5-11/h10-12H,3-9H2,1-2H3. The van der Waals surface area contributed by atoms with Gasteiger partial charge in [0.2, 0.25) is 0 Å². The van der Waals surface area contributed by atoms with Gasteiger partial charge in [0.1, 0.15) is 0 Å². The molecule has 0 aromatic carbocycles. The van der Waals surface area contributed by atoms with Gasteiger partial charge in [-0.3, -0.25) is 0 Å². The molecule has 0 radical (unpaired) electrons. The zero-order chi connectivity index (χ0) is 9.52. The second kappa shape index (κ2) is 6.39. The maximum absolute atomic E-state index is 5.12. The van der Waals surface area contributed by atoms with E-state index in [2.05, 4.69) is 12.2 Å². The number of ether oxygens (including phenoxy) is 1. The van der Waals surface area contributed by atoms with Crippen molar-refractivity contribution in [2.45, 2.75) is 32.6 Å². The molecule has 0 aromatic rings. The molecule has 0 saturated carbocycles. The van der Waals surface area contributed by atoms with Crippen LogP contribution in [0.25, 0.3) is 0 Å². The molecule has 78 valence electrons. The van der Waals surface area contributed by atoms with Gasteiger partial charge in [-0.1, -0.05) is 6.92 Å². The first-order valence-electron chi connectivity index (χ1n) is 5.54. The normalized spacial score (nSPS) is 26.8. The number of methoxy groups -OCH3 is 1. The van der Waals surface area contributed by atoms with Gasteiger partial charge in [0, 0.05) is 13.7 Å². The SMILES string of the molecule is COCCC(C)C1CCCNCC1. The molecule has 1 fully saturated rings. The molecular formula is C11H23NO. The second-order valence-electron chi connectivity index (χ2n) is 4.20. The Morgan fingerprint density at radius 3 is 3.00 bits per heavy atom. The van der Waals surface area contributed by atoms with Gasteiger partial charge < -0.3 is 10.1 Å². The average molecular weight is 185 g/mol. The van der Waals surface area contributed by atoms with Crippen molar-refractivity contribution in [1.29, 1.82) is 0 Å². The molecule has 1 aliphatic rings. The van der Waals surface area contributed by atoms with Gasteiger partial charge in [0.25, 0.3) is 0 Å². The second-order valence-corrected chi connectivity index (χ2v) is 4.20. The Hall–Kier alpha value is -0.0800. The largest absolute Gasteiger partial charge is 0.385 e. The highest BCUT2D eigenvalue weighted by Gasteiger charge is 2.18. The first-order valence-corrected chi connectivity index (χ1v) is 5.54. The Bertz CT molecular complexity index is 119. The summed E-state index contributed by atoms with van der Waals surface area (Å²) in [5.74, 6) is 1.75. The van der Waals surface area contributed by atoms with Crippen LogP contribution in [0.4, 0.5) is 0 Å². The maximum Gasteiger partial charge on any atom is 0.0464 e. The van der Waals surface area contributed by atoms with E-state index in [1.165, 1.54) is 38.8 Å². The third-order valence-corrected chi connectivity index (χ3v) is 3.20. The molecule has 2 atom stereocenters. The van der Waals surface area contributed by atoms with E-state index in [0.29, 0.717) is 0 Å². The lowest BCUT2D eigenvalue weighted by molar-refractivity contribution is 0.161. The molecule has 2 unspecified atom stereocenters. The van der Waals surface area contributed by atoms with Crippen LogP contribution in [0, 0.1) is 11.8 Å². The van der Waals surface area contributed by atoms with Crippen LogP contribution in [-0.4, -0.2) is 26.8 Å². The summed E-state index contributed by atoms with van der Waals surface area (Å²) in [5.41, 5.74) is 0. The summed E-state index contributed by atoms with van der Waals surface area (Å²) in [5, 5.41) is 3.46. The lowest BCUT2D eigenvalue weighted by Gasteiger charge is -2.21. The highest BCUT2D eigenvalue weighted by atomic mass is 16.5. The van der Waals surface area contributed by atoms with Crippen molar-refractivity contribution in [1.82, 2.24) is 5.32 Å². The Labute approximate surface area is 82.0 Å². The monoisotopic (exact) mass is 185 g/mol. The predicted molar refractivity (Wildman–Crippen MR) is 55.9 cm³/mol. The van der Waals surface area contributed by atoms with Crippen molar-refractivity contribution in [2.75, 3.05) is 26.8 Å². The van der Waals surface area contributed by atoms with Crippen molar-refractivity contribution in [3.05, 3.63) is 0 Å². The molecule has 1 N–H and O–H groups in total. The van der Waals surface area contributed by atoms with Crippen LogP contribution < -0.4 is 5.32 Å². The summed E-state index contributed by atoms with van der Waals surface area (Å²) in [6.45, 7) is 5.72. The predicted octanol–water partition coefficient (Wildman–Crippen LogP) is 2.05. The third-order valence-electron chi connectivity index (χ3n) is 3.20. The van der Waals surface area contributed by atoms with Crippen molar-refractivity contribution >= 4 is 0 Å². The summed E-state index contributed by atoms with van der Waals surface area (Å²) in [6.07, 6.45) is 5.33. The molecule has 13 heavy (non-hydrogen) atoms. The minimum absolute atomic E-state index is 0.833. The van der Waals surface area contributed by atoms with Gasteiger partial charge >= 0.3 is 0 Å². The first-order chi connectivity index (χ1) is 6.34. The Balaban J connectivity index is 2.22. The van der Waals surface area contributed by atoms with Gasteiger partial charge in [0.05, 0.1) is 0 Å². The fourth-order valence-corrected chi connectivity index (χ4v) is 2.15. The minimum atomic E-state index is 0.833. The van der Waals surface area contributed by atoms with Gasteiger partial charge in [-0.05, 0) is 50.6 Å². The highest BCUT2D eigenvalue weighted by Crippen LogP contribution is 2.24. The molecule has 2 heteroatoms. The van der Waals surface area contributed by atoms with Crippen LogP contribution in [0.1, 0.15) is 32.6 Å². The maximum atomic E-state index is 5.12. The van der Waals surface area contributed by atoms with Crippen LogP contribution in [0.15, 0.2) is 0 Å². The number of hydrogen-bond donors (Lipinski definition) is 1. The van der Waals surface area contributed by atoms with Gasteiger partial charge in [-0.2, -0.15) is 0 Å². The zero-order valence-corrected chi connectivity index (χ0v) is 9.01. The van der Waals surface area contributed by atoms with E-state index in [9.17, 15) is 0 Å². The quantitative estimate of drug-likeness (QED) is 0.724. The summed E-state index contributed by atoms with van der Waals surface area (Å²) in [7, 11) is 1.79. The molecule has 0 aromatic heterocycles. The van der Waals surface area contributed by atoms with Gasteiger partial charge in [0.15, 0.2) is 0 Å². The average Bonchev–Trinajstić information content (AvgIpc) is 2.42. The first kappa shape index (κ1) is 11.0. The van der Waals surface area contributed by atoms with Crippen LogP contribution in [0.2, 0.25) is 0 Å². The molecular weight excluding hydrogens is 162 g/mol. The topological polar surface area (TPSA) is 21.3 Å². The molecule has 0 spiro atoms. The Morgan fingerprint density at radius 1 is 1.38 bits per heavy atom. The molecule has 0 bridgehead atoms. The van der Waals surface area contributed by atoms with E-state index >= 15 is 0 Å². The number of rotatable bonds is 4. The van der Waals surface area contributed by atoms with E-state index in [4.69, 9.17) is 4.74 Å². The molecule has 1 saturated heterocycles. The Kier molecular flexibility index (Phi) is 5.40. The van der Waals surface area contributed by atoms with Gasteiger partial charge in [-0.15, -0.1) is 0 Å². The van der Waals surface area contributed by atoms with E-state index in [1.54, 1.807) is 7.11 Å². The van der Waals surface area contributed by atoms with Crippen LogP contribution in [-0.2, 0) is 4.74 Å². The van der Waals surface area contributed by atoms with Crippen molar-refractivity contribution in [3.63, 3.8) is 0 Å². The van der Waals surface area contributed by atoms with Crippen molar-refractivity contribution < 1.29 is 4.74 Å². The summed E-state index contributed by atoms with van der Waals surface area (Å²) in [6, 6.07) is 0. The fraction of sp³-hybridized carbons (Fsp3) is 1.00. The Morgan fingerprint density at radius 2 is 2.23 bits per heavy atom. The molecule has 1 aliphatic heterocycles. The van der Waals surface area contributed by atoms with Crippen LogP contribution in [0.3, 0.4) is 0 Å². The third kappa shape index (κ3) is 4.10. The lowest BCUT2D eigenvalue weighted by Crippen LogP contribution is -2.17. The van der Waals surface area contributed by atoms with Crippen molar-refractivity contribution in [3.8, 4) is 0 Å². The number of hydrogen-bond acceptors (Lipinski definition) is 2. The molecule has 0 amide bonds. The van der Waals surface area contributed by atoms with E-state index in [0.717, 1.165) is 18.4 Å². The minimum Gasteiger partial charge on any atom is -0.385 e. The molecule has 1 rings (SSSR count). The molecule has 2 nitrogen and oxygen atoms in total. The van der Waals surface area contributed by atoms with Crippen LogP contribution >= 0.6 is 0 Å². The smallest absolute Gasteiger partial charge is 0.0464 e. The van der Waals surface area contributed by atoms with E-state index in [-0.39, 0.29) is 0 Å². The summed E-state index contributed by atoms with van der Waals surface area (Å²) in [4.78, 5) is 0. The van der Waals surface area contributed by atoms with Crippen LogP contribution in [0.5, 0.6) is 0 Å². The van der Waals surface area contributed by atoms with E-state index in [1.807, 2.05) is 0 Å². The lowest BCUT2D eigenvalue weighted by atomic mass is 9.86. The van der Waals surface area contributed by atoms with Gasteiger partial charge in [-0.25, -0.2) is 0 Å². The van der Waals surface area contributed by atoms with E-state index < -0.39 is 0 Å². The van der Waals surface area contributed by atoms with Crippen molar-refractivity contribution in [2.24, 2.45) is 11.8 Å².